The van der Waals surface area contributed by atoms with Crippen molar-refractivity contribution in [2.75, 3.05) is 5.32 Å². The molecule has 0 aliphatic rings. The Balaban J connectivity index is 2.22. The first kappa shape index (κ1) is 12.0. The van der Waals surface area contributed by atoms with E-state index in [-0.39, 0.29) is 11.5 Å². The molecule has 0 fully saturated rings. The van der Waals surface area contributed by atoms with Gasteiger partial charge in [-0.05, 0) is 34.1 Å². The Hall–Kier alpha value is -1.47. The lowest BCUT2D eigenvalue weighted by molar-refractivity contribution is 0.0691. The number of aromatic carboxylic acids is 1. The Bertz CT molecular complexity index is 573. The fourth-order valence-electron chi connectivity index (χ4n) is 1.14. The van der Waals surface area contributed by atoms with Gasteiger partial charge in [0.05, 0.1) is 5.69 Å². The highest BCUT2D eigenvalue weighted by Gasteiger charge is 2.09. The molecule has 0 saturated heterocycles. The monoisotopic (exact) mass is 316 g/mol. The van der Waals surface area contributed by atoms with Gasteiger partial charge in [-0.1, -0.05) is 0 Å². The number of hydrogen-bond donors (Lipinski definition) is 2. The molecule has 0 unspecified atom stereocenters. The van der Waals surface area contributed by atoms with E-state index in [1.807, 2.05) is 0 Å². The van der Waals surface area contributed by atoms with Crippen molar-refractivity contribution in [2.45, 2.75) is 0 Å². The van der Waals surface area contributed by atoms with E-state index in [4.69, 9.17) is 5.11 Å². The second-order valence-electron chi connectivity index (χ2n) is 3.09. The van der Waals surface area contributed by atoms with E-state index in [1.165, 1.54) is 28.8 Å². The molecule has 0 atom stereocenters. The lowest BCUT2D eigenvalue weighted by Gasteiger charge is -2.04. The third kappa shape index (κ3) is 2.80. The van der Waals surface area contributed by atoms with Crippen LogP contribution in [0.1, 0.15) is 10.5 Å². The van der Waals surface area contributed by atoms with Gasteiger partial charge in [0.1, 0.15) is 5.82 Å². The van der Waals surface area contributed by atoms with Gasteiger partial charge >= 0.3 is 5.97 Å². The van der Waals surface area contributed by atoms with E-state index in [0.29, 0.717) is 15.3 Å². The van der Waals surface area contributed by atoms with Crippen LogP contribution in [-0.4, -0.2) is 16.1 Å². The maximum atomic E-state index is 12.8. The highest BCUT2D eigenvalue weighted by molar-refractivity contribution is 9.10. The Morgan fingerprint density at radius 2 is 2.29 bits per heavy atom. The maximum absolute atomic E-state index is 12.8. The molecule has 1 heterocycles. The standard InChI is InChI=1S/C10H6BrFN2O2S/c11-6-3-5(12)1-2-7(6)13-10-14-8(4-17-10)9(15)16/h1-4H,(H,13,14)(H,15,16). The molecule has 0 spiro atoms. The van der Waals surface area contributed by atoms with Crippen LogP contribution in [0.5, 0.6) is 0 Å². The van der Waals surface area contributed by atoms with E-state index in [0.717, 1.165) is 0 Å². The molecule has 88 valence electrons. The number of aromatic nitrogens is 1. The van der Waals surface area contributed by atoms with Crippen LogP contribution in [-0.2, 0) is 0 Å². The van der Waals surface area contributed by atoms with E-state index in [1.54, 1.807) is 6.07 Å². The Labute approximate surface area is 108 Å². The van der Waals surface area contributed by atoms with Crippen molar-refractivity contribution in [3.8, 4) is 0 Å². The van der Waals surface area contributed by atoms with Crippen LogP contribution >= 0.6 is 27.3 Å². The number of carbonyl (C=O) groups is 1. The summed E-state index contributed by atoms with van der Waals surface area (Å²) >= 11 is 4.37. The third-order valence-electron chi connectivity index (χ3n) is 1.90. The highest BCUT2D eigenvalue weighted by Crippen LogP contribution is 2.28. The first-order chi connectivity index (χ1) is 8.06. The van der Waals surface area contributed by atoms with Gasteiger partial charge in [0.2, 0.25) is 0 Å². The van der Waals surface area contributed by atoms with Crippen LogP contribution in [0.2, 0.25) is 0 Å². The molecule has 0 aliphatic carbocycles. The molecule has 2 rings (SSSR count). The summed E-state index contributed by atoms with van der Waals surface area (Å²) in [6.45, 7) is 0. The zero-order valence-corrected chi connectivity index (χ0v) is 10.7. The molecule has 4 nitrogen and oxygen atoms in total. The van der Waals surface area contributed by atoms with Gasteiger partial charge in [0.15, 0.2) is 10.8 Å². The third-order valence-corrected chi connectivity index (χ3v) is 3.31. The summed E-state index contributed by atoms with van der Waals surface area (Å²) in [7, 11) is 0. The minimum absolute atomic E-state index is 0.0178. The second-order valence-corrected chi connectivity index (χ2v) is 4.80. The molecular weight excluding hydrogens is 311 g/mol. The van der Waals surface area contributed by atoms with E-state index < -0.39 is 5.97 Å². The van der Waals surface area contributed by atoms with E-state index >= 15 is 0 Å². The summed E-state index contributed by atoms with van der Waals surface area (Å²) in [4.78, 5) is 14.5. The number of benzene rings is 1. The van der Waals surface area contributed by atoms with Gasteiger partial charge in [-0.3, -0.25) is 0 Å². The average Bonchev–Trinajstić information content (AvgIpc) is 2.71. The van der Waals surface area contributed by atoms with Crippen LogP contribution < -0.4 is 5.32 Å². The van der Waals surface area contributed by atoms with Crippen molar-refractivity contribution in [2.24, 2.45) is 0 Å². The Kier molecular flexibility index (Phi) is 3.39. The normalized spacial score (nSPS) is 10.2. The van der Waals surface area contributed by atoms with Gasteiger partial charge < -0.3 is 10.4 Å². The molecule has 0 saturated carbocycles. The number of nitrogens with zero attached hydrogens (tertiary/aromatic N) is 1. The Morgan fingerprint density at radius 1 is 1.53 bits per heavy atom. The zero-order chi connectivity index (χ0) is 12.4. The first-order valence-corrected chi connectivity index (χ1v) is 6.14. The predicted molar refractivity (Wildman–Crippen MR) is 66.5 cm³/mol. The lowest BCUT2D eigenvalue weighted by Crippen LogP contribution is -1.97. The topological polar surface area (TPSA) is 62.2 Å². The average molecular weight is 317 g/mol. The van der Waals surface area contributed by atoms with Gasteiger partial charge in [-0.25, -0.2) is 14.2 Å². The fourth-order valence-corrected chi connectivity index (χ4v) is 2.28. The van der Waals surface area contributed by atoms with Gasteiger partial charge in [0, 0.05) is 9.85 Å². The molecule has 2 N–H and O–H groups in total. The quantitative estimate of drug-likeness (QED) is 0.910. The van der Waals surface area contributed by atoms with Crippen LogP contribution in [0.3, 0.4) is 0 Å². The van der Waals surface area contributed by atoms with Crippen LogP contribution in [0.15, 0.2) is 28.1 Å². The number of carboxylic acid groups (broad SMARTS) is 1. The largest absolute Gasteiger partial charge is 0.476 e. The van der Waals surface area contributed by atoms with Crippen molar-refractivity contribution in [3.63, 3.8) is 0 Å². The van der Waals surface area contributed by atoms with Crippen molar-refractivity contribution in [3.05, 3.63) is 39.6 Å². The first-order valence-electron chi connectivity index (χ1n) is 4.47. The second kappa shape index (κ2) is 4.80. The summed E-state index contributed by atoms with van der Waals surface area (Å²) in [5.74, 6) is -1.43. The van der Waals surface area contributed by atoms with E-state index in [9.17, 15) is 9.18 Å². The van der Waals surface area contributed by atoms with Gasteiger partial charge in [-0.2, -0.15) is 0 Å². The number of rotatable bonds is 3. The molecule has 17 heavy (non-hydrogen) atoms. The predicted octanol–water partition coefficient (Wildman–Crippen LogP) is 3.49. The van der Waals surface area contributed by atoms with Crippen molar-refractivity contribution in [1.82, 2.24) is 4.98 Å². The highest BCUT2D eigenvalue weighted by atomic mass is 79.9. The van der Waals surface area contributed by atoms with Crippen molar-refractivity contribution >= 4 is 44.1 Å². The number of carboxylic acids is 1. The molecule has 7 heteroatoms. The Morgan fingerprint density at radius 3 is 2.88 bits per heavy atom. The van der Waals surface area contributed by atoms with Gasteiger partial charge in [0.25, 0.3) is 0 Å². The molecule has 0 bridgehead atoms. The fraction of sp³-hybridized carbons (Fsp3) is 0. The molecule has 1 aromatic carbocycles. The number of thiazole rings is 1. The summed E-state index contributed by atoms with van der Waals surface area (Å²) in [6.07, 6.45) is 0. The minimum atomic E-state index is -1.08. The van der Waals surface area contributed by atoms with Gasteiger partial charge in [-0.15, -0.1) is 11.3 Å². The molecule has 0 radical (unpaired) electrons. The molecular formula is C10H6BrFN2O2S. The molecule has 1 aromatic heterocycles. The number of hydrogen-bond acceptors (Lipinski definition) is 4. The summed E-state index contributed by atoms with van der Waals surface area (Å²) in [6, 6.07) is 4.16. The summed E-state index contributed by atoms with van der Waals surface area (Å²) in [5, 5.41) is 13.5. The minimum Gasteiger partial charge on any atom is -0.476 e. The number of anilines is 2. The molecule has 0 aliphatic heterocycles. The lowest BCUT2D eigenvalue weighted by atomic mass is 10.3. The maximum Gasteiger partial charge on any atom is 0.355 e. The van der Waals surface area contributed by atoms with Crippen LogP contribution in [0.25, 0.3) is 0 Å². The van der Waals surface area contributed by atoms with Crippen molar-refractivity contribution in [1.29, 1.82) is 0 Å². The van der Waals surface area contributed by atoms with Crippen LogP contribution in [0, 0.1) is 5.82 Å². The SMILES string of the molecule is O=C(O)c1csc(Nc2ccc(F)cc2Br)n1. The summed E-state index contributed by atoms with van der Waals surface area (Å²) in [5.41, 5.74) is 0.605. The number of halogens is 2. The zero-order valence-electron chi connectivity index (χ0n) is 8.28. The van der Waals surface area contributed by atoms with Crippen molar-refractivity contribution < 1.29 is 14.3 Å². The van der Waals surface area contributed by atoms with E-state index in [2.05, 4.69) is 26.2 Å². The molecule has 2 aromatic rings. The summed E-state index contributed by atoms with van der Waals surface area (Å²) < 4.78 is 13.4. The molecule has 0 amide bonds. The smallest absolute Gasteiger partial charge is 0.355 e. The van der Waals surface area contributed by atoms with Crippen LogP contribution in [0.4, 0.5) is 15.2 Å². The number of nitrogens with one attached hydrogen (secondary N) is 1.